The number of carbonyl (C=O) groups excluding carboxylic acids is 1. The van der Waals surface area contributed by atoms with Gasteiger partial charge in [-0.2, -0.15) is 0 Å². The van der Waals surface area contributed by atoms with E-state index in [4.69, 9.17) is 4.74 Å². The van der Waals surface area contributed by atoms with Crippen LogP contribution in [0, 0.1) is 11.3 Å². The standard InChI is InChI=1S/C14H27NO2/c1-13(2,3)10-7-8-11(15-9-10)12(16)17-14(4,5)6/h10-11,15H,7-9H2,1-6H3. The number of nitrogens with one attached hydrogen (secondary N) is 1. The molecule has 1 rings (SSSR count). The second-order valence-electron chi connectivity index (χ2n) is 7.13. The van der Waals surface area contributed by atoms with E-state index in [-0.39, 0.29) is 17.6 Å². The van der Waals surface area contributed by atoms with Crippen molar-refractivity contribution in [2.75, 3.05) is 6.54 Å². The molecule has 3 heteroatoms. The van der Waals surface area contributed by atoms with Crippen LogP contribution in [0.5, 0.6) is 0 Å². The Balaban J connectivity index is 2.45. The number of piperidine rings is 1. The van der Waals surface area contributed by atoms with E-state index in [0.29, 0.717) is 11.3 Å². The maximum Gasteiger partial charge on any atom is 0.323 e. The van der Waals surface area contributed by atoms with Crippen LogP contribution in [0.3, 0.4) is 0 Å². The van der Waals surface area contributed by atoms with Crippen LogP contribution < -0.4 is 5.32 Å². The molecular formula is C14H27NO2. The Labute approximate surface area is 105 Å². The summed E-state index contributed by atoms with van der Waals surface area (Å²) in [4.78, 5) is 11.9. The van der Waals surface area contributed by atoms with Crippen molar-refractivity contribution in [2.24, 2.45) is 11.3 Å². The summed E-state index contributed by atoms with van der Waals surface area (Å²) in [7, 11) is 0. The van der Waals surface area contributed by atoms with Crippen molar-refractivity contribution in [3.8, 4) is 0 Å². The van der Waals surface area contributed by atoms with Crippen molar-refractivity contribution < 1.29 is 9.53 Å². The Kier molecular flexibility index (Phi) is 4.23. The second kappa shape index (κ2) is 4.97. The molecule has 1 fully saturated rings. The molecular weight excluding hydrogens is 214 g/mol. The van der Waals surface area contributed by atoms with Crippen LogP contribution in [0.1, 0.15) is 54.4 Å². The van der Waals surface area contributed by atoms with Crippen molar-refractivity contribution in [1.82, 2.24) is 5.32 Å². The molecule has 2 atom stereocenters. The monoisotopic (exact) mass is 241 g/mol. The molecule has 0 bridgehead atoms. The number of hydrogen-bond donors (Lipinski definition) is 1. The van der Waals surface area contributed by atoms with Gasteiger partial charge in [-0.3, -0.25) is 4.79 Å². The van der Waals surface area contributed by atoms with Gasteiger partial charge in [0.2, 0.25) is 0 Å². The summed E-state index contributed by atoms with van der Waals surface area (Å²) in [6, 6.07) is -0.118. The highest BCUT2D eigenvalue weighted by Gasteiger charge is 2.33. The van der Waals surface area contributed by atoms with E-state index in [1.165, 1.54) is 0 Å². The summed E-state index contributed by atoms with van der Waals surface area (Å²) in [5, 5.41) is 3.32. The fourth-order valence-electron chi connectivity index (χ4n) is 2.17. The van der Waals surface area contributed by atoms with Gasteiger partial charge in [0.25, 0.3) is 0 Å². The molecule has 0 aromatic carbocycles. The van der Waals surface area contributed by atoms with Crippen molar-refractivity contribution in [3.05, 3.63) is 0 Å². The quantitative estimate of drug-likeness (QED) is 0.717. The van der Waals surface area contributed by atoms with Crippen molar-refractivity contribution in [3.63, 3.8) is 0 Å². The minimum Gasteiger partial charge on any atom is -0.459 e. The molecule has 0 aliphatic carbocycles. The third kappa shape index (κ3) is 4.66. The number of carbonyl (C=O) groups is 1. The molecule has 0 aromatic heterocycles. The number of esters is 1. The van der Waals surface area contributed by atoms with E-state index in [9.17, 15) is 4.79 Å². The molecule has 0 radical (unpaired) electrons. The highest BCUT2D eigenvalue weighted by Crippen LogP contribution is 2.32. The summed E-state index contributed by atoms with van der Waals surface area (Å²) in [5.41, 5.74) is -0.0778. The molecule has 1 aliphatic rings. The van der Waals surface area contributed by atoms with E-state index in [1.54, 1.807) is 0 Å². The lowest BCUT2D eigenvalue weighted by molar-refractivity contribution is -0.158. The fourth-order valence-corrected chi connectivity index (χ4v) is 2.17. The van der Waals surface area contributed by atoms with Gasteiger partial charge >= 0.3 is 5.97 Å². The van der Waals surface area contributed by atoms with Gasteiger partial charge < -0.3 is 10.1 Å². The lowest BCUT2D eigenvalue weighted by atomic mass is 9.75. The van der Waals surface area contributed by atoms with Crippen LogP contribution in [-0.4, -0.2) is 24.2 Å². The van der Waals surface area contributed by atoms with Gasteiger partial charge in [-0.1, -0.05) is 20.8 Å². The van der Waals surface area contributed by atoms with Crippen LogP contribution in [0.15, 0.2) is 0 Å². The minimum atomic E-state index is -0.389. The number of rotatable bonds is 1. The van der Waals surface area contributed by atoms with Gasteiger partial charge in [-0.15, -0.1) is 0 Å². The molecule has 2 unspecified atom stereocenters. The molecule has 17 heavy (non-hydrogen) atoms. The molecule has 1 saturated heterocycles. The molecule has 1 N–H and O–H groups in total. The van der Waals surface area contributed by atoms with E-state index in [1.807, 2.05) is 20.8 Å². The van der Waals surface area contributed by atoms with Crippen molar-refractivity contribution >= 4 is 5.97 Å². The first-order valence-electron chi connectivity index (χ1n) is 6.56. The van der Waals surface area contributed by atoms with Gasteiger partial charge in [0.1, 0.15) is 11.6 Å². The molecule has 1 heterocycles. The number of ether oxygens (including phenoxy) is 1. The topological polar surface area (TPSA) is 38.3 Å². The molecule has 0 aromatic rings. The SMILES string of the molecule is CC(C)(C)OC(=O)C1CCC(C(C)(C)C)CN1. The lowest BCUT2D eigenvalue weighted by Crippen LogP contribution is -2.48. The summed E-state index contributed by atoms with van der Waals surface area (Å²) < 4.78 is 5.40. The Hall–Kier alpha value is -0.570. The summed E-state index contributed by atoms with van der Waals surface area (Å²) in [5.74, 6) is 0.533. The average Bonchev–Trinajstić information content (AvgIpc) is 2.14. The fraction of sp³-hybridized carbons (Fsp3) is 0.929. The van der Waals surface area contributed by atoms with Gasteiger partial charge in [0, 0.05) is 0 Å². The molecule has 0 saturated carbocycles. The largest absolute Gasteiger partial charge is 0.459 e. The third-order valence-corrected chi connectivity index (χ3v) is 3.33. The minimum absolute atomic E-state index is 0.107. The highest BCUT2D eigenvalue weighted by molar-refractivity contribution is 5.76. The average molecular weight is 241 g/mol. The van der Waals surface area contributed by atoms with Crippen molar-refractivity contribution in [1.29, 1.82) is 0 Å². The first kappa shape index (κ1) is 14.5. The molecule has 0 spiro atoms. The Bertz CT molecular complexity index is 265. The van der Waals surface area contributed by atoms with E-state index >= 15 is 0 Å². The Morgan fingerprint density at radius 1 is 1.12 bits per heavy atom. The molecule has 0 amide bonds. The Morgan fingerprint density at radius 3 is 2.06 bits per heavy atom. The second-order valence-corrected chi connectivity index (χ2v) is 7.13. The zero-order chi connectivity index (χ0) is 13.3. The van der Waals surface area contributed by atoms with E-state index in [0.717, 1.165) is 19.4 Å². The van der Waals surface area contributed by atoms with Crippen LogP contribution in [0.2, 0.25) is 0 Å². The zero-order valence-electron chi connectivity index (χ0n) is 12.1. The van der Waals surface area contributed by atoms with Crippen LogP contribution in [-0.2, 0) is 9.53 Å². The van der Waals surface area contributed by atoms with Gasteiger partial charge in [-0.25, -0.2) is 0 Å². The smallest absolute Gasteiger partial charge is 0.323 e. The van der Waals surface area contributed by atoms with Gasteiger partial charge in [0.15, 0.2) is 0 Å². The third-order valence-electron chi connectivity index (χ3n) is 3.33. The predicted octanol–water partition coefficient (Wildman–Crippen LogP) is 2.74. The summed E-state index contributed by atoms with van der Waals surface area (Å²) in [6.45, 7) is 13.4. The molecule has 100 valence electrons. The normalized spacial score (nSPS) is 26.7. The molecule has 3 nitrogen and oxygen atoms in total. The first-order chi connectivity index (χ1) is 7.59. The van der Waals surface area contributed by atoms with Gasteiger partial charge in [-0.05, 0) is 51.5 Å². The summed E-state index contributed by atoms with van der Waals surface area (Å²) in [6.07, 6.45) is 1.98. The van der Waals surface area contributed by atoms with Crippen LogP contribution in [0.4, 0.5) is 0 Å². The number of hydrogen-bond acceptors (Lipinski definition) is 3. The molecule has 1 aliphatic heterocycles. The maximum absolute atomic E-state index is 11.9. The van der Waals surface area contributed by atoms with Crippen molar-refractivity contribution in [2.45, 2.75) is 66.0 Å². The van der Waals surface area contributed by atoms with E-state index < -0.39 is 0 Å². The van der Waals surface area contributed by atoms with Gasteiger partial charge in [0.05, 0.1) is 0 Å². The van der Waals surface area contributed by atoms with Crippen LogP contribution in [0.25, 0.3) is 0 Å². The van der Waals surface area contributed by atoms with E-state index in [2.05, 4.69) is 26.1 Å². The Morgan fingerprint density at radius 2 is 1.71 bits per heavy atom. The highest BCUT2D eigenvalue weighted by atomic mass is 16.6. The zero-order valence-corrected chi connectivity index (χ0v) is 12.1. The predicted molar refractivity (Wildman–Crippen MR) is 69.8 cm³/mol. The maximum atomic E-state index is 11.9. The van der Waals surface area contributed by atoms with Crippen LogP contribution >= 0.6 is 0 Å². The summed E-state index contributed by atoms with van der Waals surface area (Å²) >= 11 is 0. The first-order valence-corrected chi connectivity index (χ1v) is 6.56. The lowest BCUT2D eigenvalue weighted by Gasteiger charge is -2.37.